The summed E-state index contributed by atoms with van der Waals surface area (Å²) < 4.78 is 0. The molecule has 8 heteroatoms. The number of nitrogens with one attached hydrogen (secondary N) is 2. The molecule has 0 aliphatic heterocycles. The van der Waals surface area contributed by atoms with Gasteiger partial charge in [-0.25, -0.2) is 4.98 Å². The molecule has 20 heavy (non-hydrogen) atoms. The van der Waals surface area contributed by atoms with E-state index in [1.165, 1.54) is 6.33 Å². The van der Waals surface area contributed by atoms with Crippen molar-refractivity contribution in [2.75, 3.05) is 0 Å². The van der Waals surface area contributed by atoms with Gasteiger partial charge in [0.1, 0.15) is 12.2 Å². The second-order valence-corrected chi connectivity index (χ2v) is 4.07. The van der Waals surface area contributed by atoms with E-state index < -0.39 is 0 Å². The number of amides is 1. The molecule has 0 spiro atoms. The second-order valence-electron chi connectivity index (χ2n) is 4.07. The first-order valence-electron chi connectivity index (χ1n) is 5.87. The van der Waals surface area contributed by atoms with Crippen LogP contribution in [0.1, 0.15) is 17.0 Å². The maximum absolute atomic E-state index is 11.7. The molecule has 1 heterocycles. The molecule has 1 aromatic carbocycles. The highest BCUT2D eigenvalue weighted by molar-refractivity contribution is 5.97. The largest absolute Gasteiger partial charge is 0.409 e. The maximum Gasteiger partial charge on any atom is 0.224 e. The van der Waals surface area contributed by atoms with Crippen LogP contribution in [0.5, 0.6) is 0 Å². The predicted octanol–water partition coefficient (Wildman–Crippen LogP) is -0.242. The normalized spacial score (nSPS) is 11.3. The lowest BCUT2D eigenvalue weighted by atomic mass is 10.1. The minimum Gasteiger partial charge on any atom is -0.409 e. The number of amidine groups is 1. The molecule has 1 aromatic heterocycles. The van der Waals surface area contributed by atoms with Crippen LogP contribution in [0.2, 0.25) is 0 Å². The number of carbonyl (C=O) groups is 1. The van der Waals surface area contributed by atoms with Crippen LogP contribution in [-0.2, 0) is 17.8 Å². The lowest BCUT2D eigenvalue weighted by molar-refractivity contribution is -0.120. The van der Waals surface area contributed by atoms with Crippen molar-refractivity contribution in [3.63, 3.8) is 0 Å². The molecule has 1 amide bonds. The summed E-state index contributed by atoms with van der Waals surface area (Å²) in [5.74, 6) is 0.505. The zero-order valence-corrected chi connectivity index (χ0v) is 10.6. The third-order valence-electron chi connectivity index (χ3n) is 2.64. The van der Waals surface area contributed by atoms with Crippen molar-refractivity contribution in [2.45, 2.75) is 13.0 Å². The molecule has 8 nitrogen and oxygen atoms in total. The van der Waals surface area contributed by atoms with E-state index in [0.717, 1.165) is 5.56 Å². The van der Waals surface area contributed by atoms with Gasteiger partial charge >= 0.3 is 0 Å². The number of aromatic nitrogens is 3. The molecular formula is C12H14N6O2. The molecule has 2 aromatic rings. The molecule has 104 valence electrons. The Balaban J connectivity index is 1.88. The van der Waals surface area contributed by atoms with Crippen molar-refractivity contribution in [1.82, 2.24) is 20.5 Å². The number of rotatable bonds is 5. The number of oxime groups is 1. The Morgan fingerprint density at radius 1 is 1.40 bits per heavy atom. The monoisotopic (exact) mass is 274 g/mol. The van der Waals surface area contributed by atoms with Gasteiger partial charge in [0.05, 0.1) is 13.0 Å². The number of nitrogens with two attached hydrogens (primary N) is 1. The fraction of sp³-hybridized carbons (Fsp3) is 0.167. The van der Waals surface area contributed by atoms with Crippen LogP contribution in [0.25, 0.3) is 0 Å². The minimum atomic E-state index is -0.127. The van der Waals surface area contributed by atoms with Gasteiger partial charge in [0.15, 0.2) is 5.84 Å². The van der Waals surface area contributed by atoms with Crippen LogP contribution in [0.4, 0.5) is 0 Å². The van der Waals surface area contributed by atoms with Crippen LogP contribution < -0.4 is 11.1 Å². The number of benzene rings is 1. The number of carbonyl (C=O) groups excluding carboxylic acids is 1. The Labute approximate surface area is 114 Å². The molecule has 0 atom stereocenters. The van der Waals surface area contributed by atoms with Crippen LogP contribution in [0.15, 0.2) is 35.7 Å². The molecule has 2 rings (SSSR count). The first-order chi connectivity index (χ1) is 9.69. The van der Waals surface area contributed by atoms with Crippen LogP contribution in [0, 0.1) is 0 Å². The Hall–Kier alpha value is -2.90. The van der Waals surface area contributed by atoms with Crippen molar-refractivity contribution in [3.05, 3.63) is 47.5 Å². The molecule has 0 saturated carbocycles. The summed E-state index contributed by atoms with van der Waals surface area (Å²) in [4.78, 5) is 15.6. The molecule has 0 saturated heterocycles. The first kappa shape index (κ1) is 13.5. The molecule has 0 radical (unpaired) electrons. The Bertz CT molecular complexity index is 591. The summed E-state index contributed by atoms with van der Waals surface area (Å²) in [5, 5.41) is 20.5. The van der Waals surface area contributed by atoms with Crippen molar-refractivity contribution in [1.29, 1.82) is 0 Å². The summed E-state index contributed by atoms with van der Waals surface area (Å²) in [5.41, 5.74) is 6.88. The number of nitrogens with zero attached hydrogens (tertiary/aromatic N) is 3. The van der Waals surface area contributed by atoms with Gasteiger partial charge in [-0.3, -0.25) is 9.89 Å². The summed E-state index contributed by atoms with van der Waals surface area (Å²) >= 11 is 0. The van der Waals surface area contributed by atoms with E-state index in [4.69, 9.17) is 10.9 Å². The molecule has 5 N–H and O–H groups in total. The fourth-order valence-electron chi connectivity index (χ4n) is 1.60. The van der Waals surface area contributed by atoms with Gasteiger partial charge in [-0.2, -0.15) is 5.10 Å². The van der Waals surface area contributed by atoms with Crippen molar-refractivity contribution in [3.8, 4) is 0 Å². The van der Waals surface area contributed by atoms with E-state index >= 15 is 0 Å². The van der Waals surface area contributed by atoms with Gasteiger partial charge in [-0.1, -0.05) is 29.4 Å². The van der Waals surface area contributed by atoms with Gasteiger partial charge < -0.3 is 16.3 Å². The van der Waals surface area contributed by atoms with Crippen LogP contribution in [0.3, 0.4) is 0 Å². The predicted molar refractivity (Wildman–Crippen MR) is 70.9 cm³/mol. The highest BCUT2D eigenvalue weighted by atomic mass is 16.4. The highest BCUT2D eigenvalue weighted by Crippen LogP contribution is 2.05. The first-order valence-corrected chi connectivity index (χ1v) is 5.87. The Morgan fingerprint density at radius 3 is 2.75 bits per heavy atom. The molecule has 0 aliphatic rings. The second kappa shape index (κ2) is 6.32. The lowest BCUT2D eigenvalue weighted by Crippen LogP contribution is -2.25. The van der Waals surface area contributed by atoms with Gasteiger partial charge in [-0.15, -0.1) is 0 Å². The molecule has 0 aliphatic carbocycles. The SMILES string of the molecule is NC(=NO)c1ccc(CC(=O)NCc2ncn[nH]2)cc1. The van der Waals surface area contributed by atoms with Crippen molar-refractivity contribution in [2.24, 2.45) is 10.9 Å². The van der Waals surface area contributed by atoms with Gasteiger partial charge in [0.25, 0.3) is 0 Å². The Morgan fingerprint density at radius 2 is 2.15 bits per heavy atom. The molecule has 0 fully saturated rings. The summed E-state index contributed by atoms with van der Waals surface area (Å²) in [6, 6.07) is 6.88. The number of aromatic amines is 1. The van der Waals surface area contributed by atoms with E-state index in [1.807, 2.05) is 0 Å². The average Bonchev–Trinajstić information content (AvgIpc) is 2.98. The fourth-order valence-corrected chi connectivity index (χ4v) is 1.60. The zero-order valence-electron chi connectivity index (χ0n) is 10.6. The summed E-state index contributed by atoms with van der Waals surface area (Å²) in [6.45, 7) is 0.307. The van der Waals surface area contributed by atoms with Crippen LogP contribution >= 0.6 is 0 Å². The standard InChI is InChI=1S/C12H14N6O2/c13-12(18-20)9-3-1-8(2-4-9)5-11(19)14-6-10-15-7-16-17-10/h1-4,7,20H,5-6H2,(H2,13,18)(H,14,19)(H,15,16,17). The van der Waals surface area contributed by atoms with E-state index in [0.29, 0.717) is 17.9 Å². The maximum atomic E-state index is 11.7. The smallest absolute Gasteiger partial charge is 0.224 e. The lowest BCUT2D eigenvalue weighted by Gasteiger charge is -2.04. The Kier molecular flexibility index (Phi) is 4.28. The summed E-state index contributed by atoms with van der Waals surface area (Å²) in [6.07, 6.45) is 1.62. The topological polar surface area (TPSA) is 129 Å². The number of hydrogen-bond acceptors (Lipinski definition) is 5. The van der Waals surface area contributed by atoms with E-state index in [2.05, 4.69) is 25.7 Å². The highest BCUT2D eigenvalue weighted by Gasteiger charge is 2.05. The molecular weight excluding hydrogens is 260 g/mol. The van der Waals surface area contributed by atoms with Gasteiger partial charge in [-0.05, 0) is 5.56 Å². The van der Waals surface area contributed by atoms with E-state index in [-0.39, 0.29) is 18.2 Å². The molecule has 0 unspecified atom stereocenters. The minimum absolute atomic E-state index is 0.0336. The van der Waals surface area contributed by atoms with Gasteiger partial charge in [0, 0.05) is 5.56 Å². The number of H-pyrrole nitrogens is 1. The average molecular weight is 274 g/mol. The number of hydrogen-bond donors (Lipinski definition) is 4. The summed E-state index contributed by atoms with van der Waals surface area (Å²) in [7, 11) is 0. The van der Waals surface area contributed by atoms with Crippen molar-refractivity contribution >= 4 is 11.7 Å². The van der Waals surface area contributed by atoms with E-state index in [9.17, 15) is 4.79 Å². The molecule has 0 bridgehead atoms. The quantitative estimate of drug-likeness (QED) is 0.259. The van der Waals surface area contributed by atoms with Crippen LogP contribution in [-0.4, -0.2) is 32.1 Å². The van der Waals surface area contributed by atoms with Gasteiger partial charge in [0.2, 0.25) is 5.91 Å². The van der Waals surface area contributed by atoms with Crippen molar-refractivity contribution < 1.29 is 10.0 Å². The zero-order chi connectivity index (χ0) is 14.4. The third kappa shape index (κ3) is 3.55. The third-order valence-corrected chi connectivity index (χ3v) is 2.64. The van der Waals surface area contributed by atoms with E-state index in [1.54, 1.807) is 24.3 Å².